The van der Waals surface area contributed by atoms with Gasteiger partial charge in [0.1, 0.15) is 6.54 Å². The molecule has 1 N–H and O–H groups in total. The van der Waals surface area contributed by atoms with Gasteiger partial charge in [0.2, 0.25) is 0 Å². The molecule has 0 saturated heterocycles. The predicted octanol–water partition coefficient (Wildman–Crippen LogP) is 2.01. The molecule has 0 spiro atoms. The number of halogens is 3. The lowest BCUT2D eigenvalue weighted by Crippen LogP contribution is -2.36. The van der Waals surface area contributed by atoms with E-state index in [9.17, 15) is 22.8 Å². The maximum atomic E-state index is 11.9. The van der Waals surface area contributed by atoms with Crippen LogP contribution >= 0.6 is 0 Å². The largest absolute Gasteiger partial charge is 0.452 e. The number of rotatable bonds is 4. The molecule has 1 aromatic carbocycles. The number of ether oxygens (including phenoxy) is 1. The number of nitrogens with one attached hydrogen (secondary N) is 1. The van der Waals surface area contributed by atoms with Crippen LogP contribution in [0.15, 0.2) is 18.2 Å². The minimum absolute atomic E-state index is 0.305. The van der Waals surface area contributed by atoms with E-state index < -0.39 is 31.2 Å². The van der Waals surface area contributed by atoms with Crippen LogP contribution in [0.1, 0.15) is 27.9 Å². The lowest BCUT2D eigenvalue weighted by Gasteiger charge is -2.09. The Balaban J connectivity index is 1.83. The molecule has 0 bridgehead atoms. The van der Waals surface area contributed by atoms with Gasteiger partial charge in [0.05, 0.1) is 5.56 Å². The standard InChI is InChI=1S/C14H14F3NO3/c15-14(16,17)8-18-12(19)7-21-13(20)11-5-4-9-2-1-3-10(9)6-11/h4-6H,1-3,7-8H2,(H,18,19). The Bertz CT molecular complexity index is 555. The summed E-state index contributed by atoms with van der Waals surface area (Å²) in [6, 6.07) is 5.14. The Morgan fingerprint density at radius 2 is 1.90 bits per heavy atom. The molecule has 0 heterocycles. The monoisotopic (exact) mass is 301 g/mol. The minimum Gasteiger partial charge on any atom is -0.452 e. The van der Waals surface area contributed by atoms with Crippen molar-refractivity contribution in [2.45, 2.75) is 25.4 Å². The number of amides is 1. The summed E-state index contributed by atoms with van der Waals surface area (Å²) in [6.07, 6.45) is -1.58. The molecular formula is C14H14F3NO3. The summed E-state index contributed by atoms with van der Waals surface area (Å²) in [5, 5.41) is 1.63. The highest BCUT2D eigenvalue weighted by molar-refractivity contribution is 5.91. The zero-order valence-corrected chi connectivity index (χ0v) is 11.1. The SMILES string of the molecule is O=C(COC(=O)c1ccc2c(c1)CCC2)NCC(F)(F)F. The average Bonchev–Trinajstić information content (AvgIpc) is 2.89. The molecule has 7 heteroatoms. The number of fused-ring (bicyclic) bond motifs is 1. The van der Waals surface area contributed by atoms with E-state index in [0.29, 0.717) is 5.56 Å². The molecule has 0 aliphatic heterocycles. The summed E-state index contributed by atoms with van der Waals surface area (Å²) in [4.78, 5) is 22.9. The van der Waals surface area contributed by atoms with Gasteiger partial charge in [-0.15, -0.1) is 0 Å². The summed E-state index contributed by atoms with van der Waals surface area (Å²) >= 11 is 0. The first kappa shape index (κ1) is 15.3. The molecule has 0 unspecified atom stereocenters. The summed E-state index contributed by atoms with van der Waals surface area (Å²) in [5.41, 5.74) is 2.57. The van der Waals surface area contributed by atoms with Crippen molar-refractivity contribution in [3.63, 3.8) is 0 Å². The Kier molecular flexibility index (Phi) is 4.50. The number of alkyl halides is 3. The van der Waals surface area contributed by atoms with Crippen LogP contribution in [0, 0.1) is 0 Å². The van der Waals surface area contributed by atoms with E-state index in [1.54, 1.807) is 17.4 Å². The van der Waals surface area contributed by atoms with Gasteiger partial charge in [-0.25, -0.2) is 4.79 Å². The maximum Gasteiger partial charge on any atom is 0.405 e. The van der Waals surface area contributed by atoms with Crippen LogP contribution in [0.3, 0.4) is 0 Å². The number of hydrogen-bond acceptors (Lipinski definition) is 3. The zero-order valence-electron chi connectivity index (χ0n) is 11.1. The third-order valence-electron chi connectivity index (χ3n) is 3.15. The third-order valence-corrected chi connectivity index (χ3v) is 3.15. The second-order valence-electron chi connectivity index (χ2n) is 4.81. The van der Waals surface area contributed by atoms with Crippen molar-refractivity contribution in [2.75, 3.05) is 13.2 Å². The number of carbonyl (C=O) groups excluding carboxylic acids is 2. The van der Waals surface area contributed by atoms with Crippen molar-refractivity contribution >= 4 is 11.9 Å². The maximum absolute atomic E-state index is 11.9. The molecule has 1 amide bonds. The van der Waals surface area contributed by atoms with Crippen LogP contribution in [0.2, 0.25) is 0 Å². The zero-order chi connectivity index (χ0) is 15.5. The summed E-state index contributed by atoms with van der Waals surface area (Å²) in [5.74, 6) is -1.70. The van der Waals surface area contributed by atoms with Gasteiger partial charge in [0.15, 0.2) is 6.61 Å². The van der Waals surface area contributed by atoms with Gasteiger partial charge in [0.25, 0.3) is 5.91 Å². The first-order valence-corrected chi connectivity index (χ1v) is 6.47. The van der Waals surface area contributed by atoms with Crippen LogP contribution in [0.4, 0.5) is 13.2 Å². The van der Waals surface area contributed by atoms with Crippen LogP contribution < -0.4 is 5.32 Å². The fraction of sp³-hybridized carbons (Fsp3) is 0.429. The second-order valence-corrected chi connectivity index (χ2v) is 4.81. The minimum atomic E-state index is -4.49. The number of aryl methyl sites for hydroxylation is 2. The highest BCUT2D eigenvalue weighted by Crippen LogP contribution is 2.23. The summed E-state index contributed by atoms with van der Waals surface area (Å²) < 4.78 is 40.3. The van der Waals surface area contributed by atoms with Crippen molar-refractivity contribution in [1.29, 1.82) is 0 Å². The van der Waals surface area contributed by atoms with Crippen LogP contribution in [0.25, 0.3) is 0 Å². The average molecular weight is 301 g/mol. The molecule has 0 saturated carbocycles. The van der Waals surface area contributed by atoms with E-state index in [0.717, 1.165) is 24.8 Å². The second kappa shape index (κ2) is 6.15. The van der Waals surface area contributed by atoms with Crippen LogP contribution in [-0.2, 0) is 22.4 Å². The number of benzene rings is 1. The number of esters is 1. The lowest BCUT2D eigenvalue weighted by molar-refractivity contribution is -0.140. The highest BCUT2D eigenvalue weighted by atomic mass is 19.4. The molecule has 21 heavy (non-hydrogen) atoms. The molecule has 0 atom stereocenters. The van der Waals surface area contributed by atoms with Gasteiger partial charge < -0.3 is 10.1 Å². The van der Waals surface area contributed by atoms with Crippen molar-refractivity contribution in [3.8, 4) is 0 Å². The van der Waals surface area contributed by atoms with Gasteiger partial charge in [0, 0.05) is 0 Å². The number of carbonyl (C=O) groups is 2. The molecule has 2 rings (SSSR count). The summed E-state index contributed by atoms with van der Waals surface area (Å²) in [6.45, 7) is -2.17. The molecule has 0 fully saturated rings. The molecule has 1 aliphatic carbocycles. The first-order valence-electron chi connectivity index (χ1n) is 6.47. The van der Waals surface area contributed by atoms with E-state index >= 15 is 0 Å². The normalized spacial score (nSPS) is 13.7. The van der Waals surface area contributed by atoms with Gasteiger partial charge in [-0.1, -0.05) is 6.07 Å². The fourth-order valence-electron chi connectivity index (χ4n) is 2.16. The van der Waals surface area contributed by atoms with Crippen molar-refractivity contribution < 1.29 is 27.5 Å². The molecule has 0 aromatic heterocycles. The Morgan fingerprint density at radius 3 is 2.62 bits per heavy atom. The molecule has 1 aliphatic rings. The van der Waals surface area contributed by atoms with E-state index in [-0.39, 0.29) is 0 Å². The molecule has 1 aromatic rings. The first-order chi connectivity index (χ1) is 9.85. The lowest BCUT2D eigenvalue weighted by atomic mass is 10.1. The van der Waals surface area contributed by atoms with E-state index in [4.69, 9.17) is 4.74 Å². The van der Waals surface area contributed by atoms with Crippen LogP contribution in [-0.4, -0.2) is 31.2 Å². The van der Waals surface area contributed by atoms with Crippen molar-refractivity contribution in [3.05, 3.63) is 34.9 Å². The molecule has 4 nitrogen and oxygen atoms in total. The molecule has 114 valence electrons. The fourth-order valence-corrected chi connectivity index (χ4v) is 2.16. The highest BCUT2D eigenvalue weighted by Gasteiger charge is 2.27. The van der Waals surface area contributed by atoms with E-state index in [1.165, 1.54) is 5.56 Å². The number of hydrogen-bond donors (Lipinski definition) is 1. The van der Waals surface area contributed by atoms with Crippen LogP contribution in [0.5, 0.6) is 0 Å². The smallest absolute Gasteiger partial charge is 0.405 e. The van der Waals surface area contributed by atoms with Gasteiger partial charge in [-0.05, 0) is 42.5 Å². The molecule has 0 radical (unpaired) electrons. The quantitative estimate of drug-likeness (QED) is 0.866. The third kappa shape index (κ3) is 4.47. The van der Waals surface area contributed by atoms with Crippen molar-refractivity contribution in [1.82, 2.24) is 5.32 Å². The molecular weight excluding hydrogens is 287 g/mol. The van der Waals surface area contributed by atoms with Gasteiger partial charge in [-0.2, -0.15) is 13.2 Å². The van der Waals surface area contributed by atoms with E-state index in [2.05, 4.69) is 0 Å². The van der Waals surface area contributed by atoms with Gasteiger partial charge >= 0.3 is 12.1 Å². The Morgan fingerprint density at radius 1 is 1.19 bits per heavy atom. The summed E-state index contributed by atoms with van der Waals surface area (Å²) in [7, 11) is 0. The Hall–Kier alpha value is -2.05. The Labute approximate surface area is 119 Å². The van der Waals surface area contributed by atoms with E-state index in [1.807, 2.05) is 6.07 Å². The van der Waals surface area contributed by atoms with Gasteiger partial charge in [-0.3, -0.25) is 4.79 Å². The topological polar surface area (TPSA) is 55.4 Å². The predicted molar refractivity (Wildman–Crippen MR) is 67.8 cm³/mol. The van der Waals surface area contributed by atoms with Crippen molar-refractivity contribution in [2.24, 2.45) is 0 Å².